The van der Waals surface area contributed by atoms with Crippen molar-refractivity contribution in [1.82, 2.24) is 4.98 Å². The van der Waals surface area contributed by atoms with Gasteiger partial charge in [0.1, 0.15) is 12.3 Å². The molecule has 3 heteroatoms. The van der Waals surface area contributed by atoms with Crippen LogP contribution in [0.5, 0.6) is 0 Å². The van der Waals surface area contributed by atoms with Gasteiger partial charge in [-0.1, -0.05) is 56.4 Å². The number of nitrogens with zero attached hydrogens (tertiary/aromatic N) is 2. The van der Waals surface area contributed by atoms with E-state index in [1.807, 2.05) is 18.2 Å². The van der Waals surface area contributed by atoms with Gasteiger partial charge in [0.05, 0.1) is 5.69 Å². The molecule has 0 aliphatic carbocycles. The normalized spacial score (nSPS) is 15.2. The Morgan fingerprint density at radius 3 is 2.92 bits per heavy atom. The molecule has 0 saturated carbocycles. The summed E-state index contributed by atoms with van der Waals surface area (Å²) in [4.78, 5) is 8.98. The summed E-state index contributed by atoms with van der Waals surface area (Å²) in [7, 11) is 0. The lowest BCUT2D eigenvalue weighted by Crippen LogP contribution is -2.12. The van der Waals surface area contributed by atoms with Crippen molar-refractivity contribution in [2.75, 3.05) is 0 Å². The zero-order chi connectivity index (χ0) is 16.8. The van der Waals surface area contributed by atoms with Crippen LogP contribution in [0.3, 0.4) is 0 Å². The van der Waals surface area contributed by atoms with Crippen molar-refractivity contribution in [2.24, 2.45) is 4.99 Å². The summed E-state index contributed by atoms with van der Waals surface area (Å²) in [6.07, 6.45) is 11.4. The van der Waals surface area contributed by atoms with Crippen LogP contribution in [0.1, 0.15) is 43.0 Å². The van der Waals surface area contributed by atoms with E-state index in [4.69, 9.17) is 4.74 Å². The van der Waals surface area contributed by atoms with E-state index in [0.717, 1.165) is 23.4 Å². The van der Waals surface area contributed by atoms with E-state index in [-0.39, 0.29) is 0 Å². The fourth-order valence-electron chi connectivity index (χ4n) is 2.56. The third-order valence-electron chi connectivity index (χ3n) is 3.99. The molecule has 2 aromatic rings. The molecule has 0 radical (unpaired) electrons. The van der Waals surface area contributed by atoms with Gasteiger partial charge in [0, 0.05) is 11.8 Å². The number of fused-ring (bicyclic) bond motifs is 1. The van der Waals surface area contributed by atoms with Crippen molar-refractivity contribution in [3.05, 3.63) is 83.7 Å². The van der Waals surface area contributed by atoms with Gasteiger partial charge < -0.3 is 4.74 Å². The molecule has 1 aromatic carbocycles. The number of benzene rings is 1. The number of hydrogen-bond acceptors (Lipinski definition) is 3. The molecule has 1 atom stereocenters. The molecule has 0 N–H and O–H groups in total. The van der Waals surface area contributed by atoms with Gasteiger partial charge >= 0.3 is 0 Å². The second kappa shape index (κ2) is 7.73. The molecule has 122 valence electrons. The van der Waals surface area contributed by atoms with Crippen LogP contribution in [0, 0.1) is 0 Å². The van der Waals surface area contributed by atoms with Crippen molar-refractivity contribution in [3.63, 3.8) is 0 Å². The third kappa shape index (κ3) is 3.80. The van der Waals surface area contributed by atoms with Crippen molar-refractivity contribution < 1.29 is 4.74 Å². The molecule has 3 nitrogen and oxygen atoms in total. The Hall–Kier alpha value is -2.68. The fraction of sp³-hybridized carbons (Fsp3) is 0.238. The van der Waals surface area contributed by atoms with Gasteiger partial charge in [0.25, 0.3) is 0 Å². The summed E-state index contributed by atoms with van der Waals surface area (Å²) in [5.74, 6) is 0.933. The van der Waals surface area contributed by atoms with E-state index in [9.17, 15) is 0 Å². The molecule has 0 fully saturated rings. The molecule has 1 aliphatic rings. The number of rotatable bonds is 5. The van der Waals surface area contributed by atoms with E-state index < -0.39 is 0 Å². The molecule has 0 spiro atoms. The van der Waals surface area contributed by atoms with Crippen LogP contribution in [0.15, 0.2) is 71.9 Å². The Kier molecular flexibility index (Phi) is 5.22. The lowest BCUT2D eigenvalue weighted by Gasteiger charge is -2.18. The van der Waals surface area contributed by atoms with E-state index in [2.05, 4.69) is 66.3 Å². The van der Waals surface area contributed by atoms with Crippen LogP contribution < -0.4 is 0 Å². The Morgan fingerprint density at radius 1 is 1.21 bits per heavy atom. The molecular weight excluding hydrogens is 296 g/mol. The first-order valence-corrected chi connectivity index (χ1v) is 8.37. The summed E-state index contributed by atoms with van der Waals surface area (Å²) in [5, 5.41) is 0. The highest BCUT2D eigenvalue weighted by molar-refractivity contribution is 5.95. The largest absolute Gasteiger partial charge is 0.471 e. The maximum absolute atomic E-state index is 5.75. The van der Waals surface area contributed by atoms with Gasteiger partial charge in [-0.15, -0.1) is 0 Å². The average molecular weight is 318 g/mol. The number of aromatic nitrogens is 1. The first-order valence-electron chi connectivity index (χ1n) is 8.37. The van der Waals surface area contributed by atoms with Gasteiger partial charge in [-0.25, -0.2) is 4.99 Å². The summed E-state index contributed by atoms with van der Waals surface area (Å²) >= 11 is 0. The van der Waals surface area contributed by atoms with Crippen LogP contribution in [0.2, 0.25) is 0 Å². The number of aliphatic imine (C=N–C) groups is 1. The summed E-state index contributed by atoms with van der Waals surface area (Å²) in [6, 6.07) is 12.2. The van der Waals surface area contributed by atoms with Gasteiger partial charge in [0.2, 0.25) is 5.90 Å². The minimum absolute atomic E-state index is 0.341. The highest BCUT2D eigenvalue weighted by Gasteiger charge is 2.16. The highest BCUT2D eigenvalue weighted by Crippen LogP contribution is 2.30. The molecule has 1 unspecified atom stereocenters. The SMILES string of the molecule is CC/C=C\C=C/C(C)c1ccc2c(c1)N=C(c1ccccn1)OC2. The molecule has 1 aliphatic heterocycles. The van der Waals surface area contributed by atoms with Crippen LogP contribution in [0.4, 0.5) is 5.69 Å². The van der Waals surface area contributed by atoms with Crippen LogP contribution in [-0.4, -0.2) is 10.9 Å². The number of hydrogen-bond donors (Lipinski definition) is 0. The topological polar surface area (TPSA) is 34.5 Å². The lowest BCUT2D eigenvalue weighted by atomic mass is 9.98. The summed E-state index contributed by atoms with van der Waals surface area (Å²) in [6.45, 7) is 4.87. The molecule has 3 rings (SSSR count). The number of allylic oxidation sites excluding steroid dienone is 4. The van der Waals surface area contributed by atoms with E-state index in [1.165, 1.54) is 5.56 Å². The average Bonchev–Trinajstić information content (AvgIpc) is 2.65. The quantitative estimate of drug-likeness (QED) is 0.700. The molecule has 24 heavy (non-hydrogen) atoms. The molecule has 0 amide bonds. The van der Waals surface area contributed by atoms with Crippen molar-refractivity contribution in [2.45, 2.75) is 32.8 Å². The van der Waals surface area contributed by atoms with Gasteiger partial charge in [-0.2, -0.15) is 0 Å². The first kappa shape index (κ1) is 16.2. The Balaban J connectivity index is 1.84. The molecule has 0 saturated heterocycles. The summed E-state index contributed by atoms with van der Waals surface area (Å²) < 4.78 is 5.75. The van der Waals surface area contributed by atoms with Gasteiger partial charge in [0.15, 0.2) is 0 Å². The Labute approximate surface area is 143 Å². The Morgan fingerprint density at radius 2 is 2.12 bits per heavy atom. The maximum Gasteiger partial charge on any atom is 0.240 e. The second-order valence-corrected chi connectivity index (χ2v) is 5.82. The zero-order valence-corrected chi connectivity index (χ0v) is 14.1. The fourth-order valence-corrected chi connectivity index (χ4v) is 2.56. The van der Waals surface area contributed by atoms with Crippen molar-refractivity contribution >= 4 is 11.6 Å². The molecular formula is C21H22N2O. The van der Waals surface area contributed by atoms with Crippen molar-refractivity contribution in [3.8, 4) is 0 Å². The van der Waals surface area contributed by atoms with Crippen molar-refractivity contribution in [1.29, 1.82) is 0 Å². The van der Waals surface area contributed by atoms with E-state index >= 15 is 0 Å². The second-order valence-electron chi connectivity index (χ2n) is 5.82. The number of ether oxygens (including phenoxy) is 1. The summed E-state index contributed by atoms with van der Waals surface area (Å²) in [5.41, 5.74) is 4.11. The maximum atomic E-state index is 5.75. The van der Waals surface area contributed by atoms with E-state index in [0.29, 0.717) is 18.4 Å². The van der Waals surface area contributed by atoms with Crippen LogP contribution in [-0.2, 0) is 11.3 Å². The molecule has 2 heterocycles. The predicted octanol–water partition coefficient (Wildman–Crippen LogP) is 5.32. The minimum Gasteiger partial charge on any atom is -0.471 e. The lowest BCUT2D eigenvalue weighted by molar-refractivity contribution is 0.287. The zero-order valence-electron chi connectivity index (χ0n) is 14.1. The van der Waals surface area contributed by atoms with Crippen LogP contribution in [0.25, 0.3) is 0 Å². The first-order chi connectivity index (χ1) is 11.8. The smallest absolute Gasteiger partial charge is 0.240 e. The van der Waals surface area contributed by atoms with Gasteiger partial charge in [-0.3, -0.25) is 4.98 Å². The highest BCUT2D eigenvalue weighted by atomic mass is 16.5. The van der Waals surface area contributed by atoms with E-state index in [1.54, 1.807) is 6.20 Å². The van der Waals surface area contributed by atoms with Crippen LogP contribution >= 0.6 is 0 Å². The molecule has 1 aromatic heterocycles. The third-order valence-corrected chi connectivity index (χ3v) is 3.99. The molecule has 0 bridgehead atoms. The standard InChI is InChI=1S/C21H22N2O/c1-3-4-5-6-9-16(2)17-11-12-18-15-24-21(23-20(18)14-17)19-10-7-8-13-22-19/h4-14,16H,3,15H2,1-2H3/b5-4-,9-6-. The predicted molar refractivity (Wildman–Crippen MR) is 98.7 cm³/mol. The van der Waals surface area contributed by atoms with Gasteiger partial charge in [-0.05, 0) is 36.1 Å². The monoisotopic (exact) mass is 318 g/mol. The minimum atomic E-state index is 0.341. The Bertz CT molecular complexity index is 776. The number of pyridine rings is 1.